The predicted molar refractivity (Wildman–Crippen MR) is 193 cm³/mol. The number of fused-ring (bicyclic) bond motifs is 1. The largest absolute Gasteiger partial charge is 0.444 e. The summed E-state index contributed by atoms with van der Waals surface area (Å²) in [5.41, 5.74) is 2.38. The monoisotopic (exact) mass is 717 g/mol. The van der Waals surface area contributed by atoms with Crippen LogP contribution in [-0.4, -0.2) is 80.0 Å². The molecule has 3 amide bonds. The molecule has 280 valence electrons. The van der Waals surface area contributed by atoms with Gasteiger partial charge in [-0.1, -0.05) is 91.0 Å². The highest BCUT2D eigenvalue weighted by Gasteiger charge is 2.52. The summed E-state index contributed by atoms with van der Waals surface area (Å²) in [6.07, 6.45) is -3.30. The normalized spacial score (nSPS) is 22.9. The first-order chi connectivity index (χ1) is 25.1. The van der Waals surface area contributed by atoms with Gasteiger partial charge in [0.2, 0.25) is 11.8 Å². The Balaban J connectivity index is 1.22. The van der Waals surface area contributed by atoms with Crippen LogP contribution in [0.1, 0.15) is 56.7 Å². The number of hydrogen-bond donors (Lipinski definition) is 3. The molecule has 0 spiro atoms. The highest BCUT2D eigenvalue weighted by atomic mass is 16.7. The Hall–Kier alpha value is -4.33. The first-order valence-electron chi connectivity index (χ1n) is 17.9. The van der Waals surface area contributed by atoms with Crippen molar-refractivity contribution < 1.29 is 42.8 Å². The minimum atomic E-state index is -1.07. The molecule has 12 heteroatoms. The number of ether oxygens (including phenoxy) is 6. The molecule has 0 unspecified atom stereocenters. The lowest BCUT2D eigenvalue weighted by Gasteiger charge is -2.49. The van der Waals surface area contributed by atoms with Crippen LogP contribution in [0.25, 0.3) is 0 Å². The van der Waals surface area contributed by atoms with Gasteiger partial charge in [-0.3, -0.25) is 9.59 Å². The quantitative estimate of drug-likeness (QED) is 0.168. The van der Waals surface area contributed by atoms with Gasteiger partial charge in [0.1, 0.15) is 36.1 Å². The maximum absolute atomic E-state index is 13.4. The molecule has 3 aromatic carbocycles. The first kappa shape index (κ1) is 38.9. The highest BCUT2D eigenvalue weighted by molar-refractivity contribution is 5.88. The second kappa shape index (κ2) is 19.5. The van der Waals surface area contributed by atoms with Crippen molar-refractivity contribution in [1.82, 2.24) is 16.0 Å². The van der Waals surface area contributed by atoms with E-state index in [-0.39, 0.29) is 25.5 Å². The van der Waals surface area contributed by atoms with Gasteiger partial charge in [-0.25, -0.2) is 4.79 Å². The Kier molecular flexibility index (Phi) is 14.6. The molecule has 2 aliphatic rings. The van der Waals surface area contributed by atoms with Crippen molar-refractivity contribution in [2.45, 2.75) is 102 Å². The van der Waals surface area contributed by atoms with E-state index in [2.05, 4.69) is 16.0 Å². The third-order valence-electron chi connectivity index (χ3n) is 8.48. The van der Waals surface area contributed by atoms with Crippen LogP contribution in [0.2, 0.25) is 0 Å². The number of unbranched alkanes of at least 4 members (excludes halogenated alkanes) is 1. The van der Waals surface area contributed by atoms with Crippen LogP contribution in [0.4, 0.5) is 4.79 Å². The van der Waals surface area contributed by atoms with E-state index >= 15 is 0 Å². The van der Waals surface area contributed by atoms with Gasteiger partial charge in [-0.15, -0.1) is 0 Å². The predicted octanol–water partition coefficient (Wildman–Crippen LogP) is 4.79. The summed E-state index contributed by atoms with van der Waals surface area (Å²) in [4.78, 5) is 38.1. The fourth-order valence-electron chi connectivity index (χ4n) is 5.95. The Labute approximate surface area is 305 Å². The third kappa shape index (κ3) is 12.4. The average molecular weight is 718 g/mol. The smallest absolute Gasteiger partial charge is 0.407 e. The Morgan fingerprint density at radius 3 is 1.85 bits per heavy atom. The molecule has 2 fully saturated rings. The zero-order valence-electron chi connectivity index (χ0n) is 30.2. The molecule has 0 aromatic heterocycles. The molecule has 3 N–H and O–H groups in total. The van der Waals surface area contributed by atoms with Crippen molar-refractivity contribution in [3.63, 3.8) is 0 Å². The Bertz CT molecular complexity index is 1540. The molecule has 0 saturated carbocycles. The molecule has 2 aliphatic heterocycles. The van der Waals surface area contributed by atoms with Crippen LogP contribution in [0, 0.1) is 0 Å². The lowest BCUT2D eigenvalue weighted by molar-refractivity contribution is -0.306. The molecule has 5 rings (SSSR count). The van der Waals surface area contributed by atoms with Crippen LogP contribution in [0.5, 0.6) is 0 Å². The summed E-state index contributed by atoms with van der Waals surface area (Å²) in [5, 5.41) is 8.58. The number of rotatable bonds is 17. The molecule has 3 aromatic rings. The molecule has 0 aliphatic carbocycles. The van der Waals surface area contributed by atoms with E-state index in [1.165, 1.54) is 0 Å². The van der Waals surface area contributed by atoms with E-state index in [0.29, 0.717) is 39.1 Å². The number of carbonyl (C=O) groups is 3. The summed E-state index contributed by atoms with van der Waals surface area (Å²) in [7, 11) is 0. The SMILES string of the molecule is CC(C)(C)OC(=O)NCCCCNC(=O)C[C@@H]1O[C@@H]2O[C@H](COCc3ccccc3)[C@H](OCc3ccccc3)[C@H](OCc3ccccc3)[C@H]2NC1=O. The van der Waals surface area contributed by atoms with Gasteiger partial charge in [0.15, 0.2) is 6.29 Å². The molecule has 52 heavy (non-hydrogen) atoms. The minimum absolute atomic E-state index is 0.175. The number of hydrogen-bond acceptors (Lipinski definition) is 9. The summed E-state index contributed by atoms with van der Waals surface area (Å²) < 4.78 is 37.2. The fraction of sp³-hybridized carbons (Fsp3) is 0.475. The second-order valence-electron chi connectivity index (χ2n) is 13.9. The van der Waals surface area contributed by atoms with Gasteiger partial charge in [0.05, 0.1) is 32.8 Å². The number of alkyl carbamates (subject to hydrolysis) is 1. The summed E-state index contributed by atoms with van der Waals surface area (Å²) in [6, 6.07) is 28.7. The summed E-state index contributed by atoms with van der Waals surface area (Å²) >= 11 is 0. The van der Waals surface area contributed by atoms with Gasteiger partial charge in [-0.2, -0.15) is 0 Å². The molecule has 6 atom stereocenters. The van der Waals surface area contributed by atoms with Crippen molar-refractivity contribution in [1.29, 1.82) is 0 Å². The Morgan fingerprint density at radius 2 is 1.27 bits per heavy atom. The number of benzene rings is 3. The van der Waals surface area contributed by atoms with Crippen LogP contribution >= 0.6 is 0 Å². The van der Waals surface area contributed by atoms with Crippen LogP contribution in [0.3, 0.4) is 0 Å². The van der Waals surface area contributed by atoms with E-state index in [1.54, 1.807) is 20.8 Å². The lowest BCUT2D eigenvalue weighted by atomic mass is 9.94. The topological polar surface area (TPSA) is 143 Å². The summed E-state index contributed by atoms with van der Waals surface area (Å²) in [5.74, 6) is -0.770. The highest BCUT2D eigenvalue weighted by Crippen LogP contribution is 2.32. The molecule has 2 heterocycles. The number of amides is 3. The number of carbonyl (C=O) groups excluding carboxylic acids is 3. The van der Waals surface area contributed by atoms with Crippen LogP contribution in [-0.2, 0) is 57.8 Å². The van der Waals surface area contributed by atoms with Crippen molar-refractivity contribution in [3.05, 3.63) is 108 Å². The van der Waals surface area contributed by atoms with E-state index in [1.807, 2.05) is 91.0 Å². The van der Waals surface area contributed by atoms with E-state index in [0.717, 1.165) is 16.7 Å². The lowest BCUT2D eigenvalue weighted by Crippen LogP contribution is -2.70. The van der Waals surface area contributed by atoms with E-state index in [9.17, 15) is 14.4 Å². The molecule has 0 radical (unpaired) electrons. The van der Waals surface area contributed by atoms with Crippen molar-refractivity contribution in [2.75, 3.05) is 19.7 Å². The fourth-order valence-corrected chi connectivity index (χ4v) is 5.95. The number of nitrogens with one attached hydrogen (secondary N) is 3. The van der Waals surface area contributed by atoms with Gasteiger partial charge in [0, 0.05) is 13.1 Å². The summed E-state index contributed by atoms with van der Waals surface area (Å²) in [6.45, 7) is 7.30. The standard InChI is InChI=1S/C40H51N3O9/c1-40(2,3)52-39(46)42-22-14-13-21-41-33(44)23-31-37(45)43-34-36(49-26-30-19-11-6-12-20-30)35(48-25-29-17-9-5-10-18-29)32(51-38(34)50-31)27-47-24-28-15-7-4-8-16-28/h4-12,15-20,31-32,34-36,38H,13-14,21-27H2,1-3H3,(H,41,44)(H,42,46)(H,43,45)/t31-,32+,34+,35-,36+,38+/m0/s1. The van der Waals surface area contributed by atoms with Crippen molar-refractivity contribution in [2.24, 2.45) is 0 Å². The van der Waals surface area contributed by atoms with Crippen LogP contribution in [0.15, 0.2) is 91.0 Å². The molecule has 0 bridgehead atoms. The van der Waals surface area contributed by atoms with Crippen molar-refractivity contribution >= 4 is 17.9 Å². The average Bonchev–Trinajstić information content (AvgIpc) is 3.12. The maximum atomic E-state index is 13.4. The molecule has 2 saturated heterocycles. The Morgan fingerprint density at radius 1 is 0.731 bits per heavy atom. The van der Waals surface area contributed by atoms with Gasteiger partial charge in [-0.05, 0) is 50.3 Å². The zero-order chi connectivity index (χ0) is 36.8. The molecular weight excluding hydrogens is 666 g/mol. The maximum Gasteiger partial charge on any atom is 0.407 e. The van der Waals surface area contributed by atoms with Gasteiger partial charge >= 0.3 is 6.09 Å². The minimum Gasteiger partial charge on any atom is -0.444 e. The number of morpholine rings is 1. The second-order valence-corrected chi connectivity index (χ2v) is 13.9. The first-order valence-corrected chi connectivity index (χ1v) is 17.9. The molecule has 12 nitrogen and oxygen atoms in total. The van der Waals surface area contributed by atoms with Crippen molar-refractivity contribution in [3.8, 4) is 0 Å². The van der Waals surface area contributed by atoms with E-state index < -0.39 is 54.3 Å². The van der Waals surface area contributed by atoms with Gasteiger partial charge in [0.25, 0.3) is 0 Å². The van der Waals surface area contributed by atoms with E-state index in [4.69, 9.17) is 28.4 Å². The molecular formula is C40H51N3O9. The van der Waals surface area contributed by atoms with Crippen LogP contribution < -0.4 is 16.0 Å². The zero-order valence-corrected chi connectivity index (χ0v) is 30.2. The third-order valence-corrected chi connectivity index (χ3v) is 8.48. The van der Waals surface area contributed by atoms with Gasteiger partial charge < -0.3 is 44.4 Å².